The van der Waals surface area contributed by atoms with Crippen molar-refractivity contribution in [2.24, 2.45) is 0 Å². The van der Waals surface area contributed by atoms with E-state index >= 15 is 0 Å². The topological polar surface area (TPSA) is 77.4 Å². The zero-order valence-electron chi connectivity index (χ0n) is 16.3. The molecule has 29 heavy (non-hydrogen) atoms. The van der Waals surface area contributed by atoms with Gasteiger partial charge < -0.3 is 14.8 Å². The second-order valence-corrected chi connectivity index (χ2v) is 6.68. The minimum absolute atomic E-state index is 0.157. The van der Waals surface area contributed by atoms with E-state index in [4.69, 9.17) is 21.1 Å². The molecule has 0 unspecified atom stereocenters. The lowest BCUT2D eigenvalue weighted by Crippen LogP contribution is -2.31. The summed E-state index contributed by atoms with van der Waals surface area (Å²) in [6, 6.07) is 14.9. The fourth-order valence-corrected chi connectivity index (χ4v) is 2.86. The van der Waals surface area contributed by atoms with Crippen molar-refractivity contribution in [1.82, 2.24) is 14.9 Å². The van der Waals surface area contributed by atoms with Crippen LogP contribution in [0.2, 0.25) is 5.02 Å². The second kappa shape index (κ2) is 10.1. The van der Waals surface area contributed by atoms with E-state index < -0.39 is 0 Å². The highest BCUT2D eigenvalue weighted by Crippen LogP contribution is 2.27. The lowest BCUT2D eigenvalue weighted by atomic mass is 10.2. The van der Waals surface area contributed by atoms with Crippen molar-refractivity contribution in [2.45, 2.75) is 0 Å². The Balaban J connectivity index is 1.89. The van der Waals surface area contributed by atoms with Crippen molar-refractivity contribution in [1.29, 1.82) is 0 Å². The molecule has 2 N–H and O–H groups in total. The Bertz CT molecular complexity index is 957. The molecule has 1 heterocycles. The van der Waals surface area contributed by atoms with Gasteiger partial charge in [-0.15, -0.1) is 0 Å². The number of anilines is 1. The zero-order chi connectivity index (χ0) is 20.6. The summed E-state index contributed by atoms with van der Waals surface area (Å²) in [6.07, 6.45) is 1.87. The van der Waals surface area contributed by atoms with Gasteiger partial charge in [-0.25, -0.2) is 4.98 Å². The lowest BCUT2D eigenvalue weighted by Gasteiger charge is -2.10. The number of hydrogen-bond donors (Lipinski definition) is 2. The molecule has 8 heteroatoms. The van der Waals surface area contributed by atoms with Crippen LogP contribution in [0.1, 0.15) is 0 Å². The van der Waals surface area contributed by atoms with Crippen LogP contribution in [0.15, 0.2) is 54.7 Å². The molecule has 0 saturated carbocycles. The summed E-state index contributed by atoms with van der Waals surface area (Å²) >= 11 is 5.99. The third-order valence-corrected chi connectivity index (χ3v) is 4.45. The van der Waals surface area contributed by atoms with Crippen LogP contribution in [0.3, 0.4) is 0 Å². The van der Waals surface area contributed by atoms with Crippen molar-refractivity contribution in [3.63, 3.8) is 0 Å². The Morgan fingerprint density at radius 3 is 2.69 bits per heavy atom. The first-order chi connectivity index (χ1) is 14.1. The van der Waals surface area contributed by atoms with Gasteiger partial charge in [0.15, 0.2) is 0 Å². The van der Waals surface area contributed by atoms with Crippen LogP contribution in [0.4, 0.5) is 5.95 Å². The fraction of sp³-hybridized carbons (Fsp3) is 0.238. The molecular weight excluding hydrogens is 392 g/mol. The van der Waals surface area contributed by atoms with E-state index in [0.717, 1.165) is 11.3 Å². The molecule has 7 nitrogen and oxygen atoms in total. The number of hydrogen-bond acceptors (Lipinski definition) is 5. The molecule has 3 aromatic rings. The minimum atomic E-state index is -0.196. The molecule has 152 valence electrons. The molecule has 0 spiro atoms. The molecule has 0 fully saturated rings. The number of methoxy groups -OCH3 is 2. The molecule has 0 aliphatic rings. The van der Waals surface area contributed by atoms with E-state index in [1.54, 1.807) is 26.4 Å². The summed E-state index contributed by atoms with van der Waals surface area (Å²) in [5, 5.41) is 6.54. The summed E-state index contributed by atoms with van der Waals surface area (Å²) in [5.74, 6) is 0.933. The van der Waals surface area contributed by atoms with Crippen LogP contribution in [0.5, 0.6) is 5.75 Å². The van der Waals surface area contributed by atoms with Gasteiger partial charge in [-0.05, 0) is 24.3 Å². The summed E-state index contributed by atoms with van der Waals surface area (Å²) in [7, 11) is 3.23. The van der Waals surface area contributed by atoms with Crippen LogP contribution in [-0.2, 0) is 9.53 Å². The number of amides is 1. The van der Waals surface area contributed by atoms with Gasteiger partial charge in [0.05, 0.1) is 31.6 Å². The van der Waals surface area contributed by atoms with Crippen molar-refractivity contribution in [2.75, 3.05) is 39.2 Å². The van der Waals surface area contributed by atoms with E-state index in [-0.39, 0.29) is 12.5 Å². The maximum Gasteiger partial charge on any atom is 0.240 e. The molecule has 0 atom stereocenters. The first kappa shape index (κ1) is 20.9. The molecule has 3 rings (SSSR count). The van der Waals surface area contributed by atoms with Crippen LogP contribution in [0, 0.1) is 0 Å². The maximum absolute atomic E-state index is 12.4. The Labute approximate surface area is 174 Å². The predicted octanol–water partition coefficient (Wildman–Crippen LogP) is 3.38. The third-order valence-electron chi connectivity index (χ3n) is 4.20. The van der Waals surface area contributed by atoms with Gasteiger partial charge >= 0.3 is 0 Å². The maximum atomic E-state index is 12.4. The summed E-state index contributed by atoms with van der Waals surface area (Å²) in [4.78, 5) is 17.0. The SMILES string of the molecule is COCCNCC(=O)Nc1nc(-c2ccc(Cl)cc2)cn1-c1cccc(OC)c1. The molecule has 0 aliphatic carbocycles. The quantitative estimate of drug-likeness (QED) is 0.525. The standard InChI is InChI=1S/C21H23ClN4O3/c1-28-11-10-23-13-20(27)25-21-24-19(15-6-8-16(22)9-7-15)14-26(21)17-4-3-5-18(12-17)29-2/h3-9,12,14,23H,10-11,13H2,1-2H3,(H,24,25,27). The van der Waals surface area contributed by atoms with Gasteiger partial charge in [0.25, 0.3) is 0 Å². The molecular formula is C21H23ClN4O3. The second-order valence-electron chi connectivity index (χ2n) is 6.25. The first-order valence-corrected chi connectivity index (χ1v) is 9.48. The number of ether oxygens (including phenoxy) is 2. The van der Waals surface area contributed by atoms with Gasteiger partial charge in [-0.3, -0.25) is 14.7 Å². The number of halogens is 1. The zero-order valence-corrected chi connectivity index (χ0v) is 17.1. The number of rotatable bonds is 9. The molecule has 0 saturated heterocycles. The molecule has 0 aliphatic heterocycles. The molecule has 0 radical (unpaired) electrons. The van der Waals surface area contributed by atoms with E-state index in [9.17, 15) is 4.79 Å². The molecule has 2 aromatic carbocycles. The fourth-order valence-electron chi connectivity index (χ4n) is 2.73. The van der Waals surface area contributed by atoms with Crippen molar-refractivity contribution in [3.05, 3.63) is 59.8 Å². The Hall–Kier alpha value is -2.87. The van der Waals surface area contributed by atoms with Crippen LogP contribution >= 0.6 is 11.6 Å². The first-order valence-electron chi connectivity index (χ1n) is 9.10. The summed E-state index contributed by atoms with van der Waals surface area (Å²) < 4.78 is 12.1. The Morgan fingerprint density at radius 2 is 1.97 bits per heavy atom. The smallest absolute Gasteiger partial charge is 0.240 e. The van der Waals surface area contributed by atoms with Gasteiger partial charge in [0, 0.05) is 36.5 Å². The van der Waals surface area contributed by atoms with E-state index in [1.807, 2.05) is 47.2 Å². The highest BCUT2D eigenvalue weighted by atomic mass is 35.5. The van der Waals surface area contributed by atoms with E-state index in [0.29, 0.717) is 35.6 Å². The number of carbonyl (C=O) groups excluding carboxylic acids is 1. The number of carbonyl (C=O) groups is 1. The molecule has 1 amide bonds. The largest absolute Gasteiger partial charge is 0.497 e. The third kappa shape index (κ3) is 5.57. The van der Waals surface area contributed by atoms with Gasteiger partial charge in [0.1, 0.15) is 5.75 Å². The highest BCUT2D eigenvalue weighted by molar-refractivity contribution is 6.30. The van der Waals surface area contributed by atoms with Crippen molar-refractivity contribution < 1.29 is 14.3 Å². The van der Waals surface area contributed by atoms with E-state index in [2.05, 4.69) is 15.6 Å². The van der Waals surface area contributed by atoms with Crippen molar-refractivity contribution in [3.8, 4) is 22.7 Å². The predicted molar refractivity (Wildman–Crippen MR) is 114 cm³/mol. The highest BCUT2D eigenvalue weighted by Gasteiger charge is 2.14. The monoisotopic (exact) mass is 414 g/mol. The van der Waals surface area contributed by atoms with E-state index in [1.165, 1.54) is 0 Å². The average molecular weight is 415 g/mol. The molecule has 1 aromatic heterocycles. The van der Waals surface area contributed by atoms with Crippen LogP contribution < -0.4 is 15.4 Å². The number of nitrogens with zero attached hydrogens (tertiary/aromatic N) is 2. The number of nitrogens with one attached hydrogen (secondary N) is 2. The Morgan fingerprint density at radius 1 is 1.17 bits per heavy atom. The number of benzene rings is 2. The van der Waals surface area contributed by atoms with Gasteiger partial charge in [-0.1, -0.05) is 29.8 Å². The Kier molecular flexibility index (Phi) is 7.24. The van der Waals surface area contributed by atoms with Crippen LogP contribution in [0.25, 0.3) is 16.9 Å². The van der Waals surface area contributed by atoms with Crippen LogP contribution in [-0.4, -0.2) is 49.4 Å². The lowest BCUT2D eigenvalue weighted by molar-refractivity contribution is -0.115. The van der Waals surface area contributed by atoms with Gasteiger partial charge in [-0.2, -0.15) is 0 Å². The normalized spacial score (nSPS) is 10.7. The number of imidazole rings is 1. The average Bonchev–Trinajstić information content (AvgIpc) is 3.15. The molecule has 0 bridgehead atoms. The van der Waals surface area contributed by atoms with Crippen molar-refractivity contribution >= 4 is 23.5 Å². The summed E-state index contributed by atoms with van der Waals surface area (Å²) in [5.41, 5.74) is 2.43. The minimum Gasteiger partial charge on any atom is -0.497 e. The number of aromatic nitrogens is 2. The van der Waals surface area contributed by atoms with Gasteiger partial charge in [0.2, 0.25) is 11.9 Å². The summed E-state index contributed by atoms with van der Waals surface area (Å²) in [6.45, 7) is 1.28.